The quantitative estimate of drug-likeness (QED) is 0.843. The van der Waals surface area contributed by atoms with Crippen LogP contribution in [0.1, 0.15) is 31.4 Å². The second-order valence-corrected chi connectivity index (χ2v) is 5.77. The van der Waals surface area contributed by atoms with Crippen molar-refractivity contribution >= 4 is 21.6 Å². The van der Waals surface area contributed by atoms with Crippen LogP contribution in [-0.4, -0.2) is 18.2 Å². The molecule has 1 aliphatic rings. The molecule has 0 radical (unpaired) electrons. The predicted molar refractivity (Wildman–Crippen MR) is 78.5 cm³/mol. The maximum Gasteiger partial charge on any atom is 0.0792 e. The van der Waals surface area contributed by atoms with Crippen LogP contribution in [-0.2, 0) is 0 Å². The van der Waals surface area contributed by atoms with Crippen LogP contribution in [0.5, 0.6) is 0 Å². The van der Waals surface area contributed by atoms with Crippen molar-refractivity contribution < 1.29 is 5.11 Å². The summed E-state index contributed by atoms with van der Waals surface area (Å²) >= 11 is 3.58. The van der Waals surface area contributed by atoms with E-state index >= 15 is 0 Å². The molecule has 0 spiro atoms. The zero-order valence-electron chi connectivity index (χ0n) is 10.6. The Morgan fingerprint density at radius 2 is 2.28 bits per heavy atom. The molecule has 1 fully saturated rings. The van der Waals surface area contributed by atoms with Gasteiger partial charge in [0.25, 0.3) is 0 Å². The molecular formula is C15H18BrNO. The molecule has 1 atom stereocenters. The lowest BCUT2D eigenvalue weighted by Gasteiger charge is -2.24. The summed E-state index contributed by atoms with van der Waals surface area (Å²) in [6.07, 6.45) is 7.62. The van der Waals surface area contributed by atoms with Crippen molar-refractivity contribution in [2.45, 2.75) is 25.9 Å². The van der Waals surface area contributed by atoms with Crippen molar-refractivity contribution in [3.8, 4) is 12.3 Å². The molecule has 0 heterocycles. The van der Waals surface area contributed by atoms with Crippen molar-refractivity contribution in [2.75, 3.05) is 18.0 Å². The molecule has 0 aromatic heterocycles. The summed E-state index contributed by atoms with van der Waals surface area (Å²) in [4.78, 5) is 2.23. The highest BCUT2D eigenvalue weighted by Crippen LogP contribution is 2.34. The Morgan fingerprint density at radius 3 is 2.78 bits per heavy atom. The van der Waals surface area contributed by atoms with Crippen LogP contribution >= 0.6 is 15.9 Å². The Kier molecular flexibility index (Phi) is 4.31. The van der Waals surface area contributed by atoms with E-state index in [-0.39, 0.29) is 0 Å². The third kappa shape index (κ3) is 3.28. The normalized spacial score (nSPS) is 16.1. The van der Waals surface area contributed by atoms with Gasteiger partial charge in [0.15, 0.2) is 0 Å². The third-order valence-corrected chi connectivity index (χ3v) is 3.89. The standard InChI is InChI=1S/C15H18BrNO/c1-3-8-17(10-12-4-5-12)15-7-6-13(11(2)18)9-14(15)16/h1,6-7,9,11-12,18H,4-5,8,10H2,2H3/t11-/m0/s1. The number of anilines is 1. The molecular weight excluding hydrogens is 290 g/mol. The minimum absolute atomic E-state index is 0.445. The van der Waals surface area contributed by atoms with Crippen molar-refractivity contribution in [1.82, 2.24) is 0 Å². The number of terminal acetylenes is 1. The van der Waals surface area contributed by atoms with Gasteiger partial charge in [0, 0.05) is 11.0 Å². The zero-order chi connectivity index (χ0) is 13.1. The monoisotopic (exact) mass is 307 g/mol. The Bertz CT molecular complexity index is 460. The van der Waals surface area contributed by atoms with E-state index in [1.54, 1.807) is 6.92 Å². The maximum absolute atomic E-state index is 9.57. The number of rotatable bonds is 5. The average Bonchev–Trinajstić information content (AvgIpc) is 3.12. The SMILES string of the molecule is C#CCN(CC1CC1)c1ccc([C@H](C)O)cc1Br. The molecule has 2 rings (SSSR count). The van der Waals surface area contributed by atoms with Gasteiger partial charge in [0.1, 0.15) is 0 Å². The largest absolute Gasteiger partial charge is 0.389 e. The molecule has 1 saturated carbocycles. The fraction of sp³-hybridized carbons (Fsp3) is 0.467. The fourth-order valence-corrected chi connectivity index (χ4v) is 2.66. The van der Waals surface area contributed by atoms with E-state index < -0.39 is 6.10 Å². The minimum Gasteiger partial charge on any atom is -0.389 e. The topological polar surface area (TPSA) is 23.5 Å². The number of halogens is 1. The van der Waals surface area contributed by atoms with Gasteiger partial charge in [-0.2, -0.15) is 0 Å². The average molecular weight is 308 g/mol. The number of nitrogens with zero attached hydrogens (tertiary/aromatic N) is 1. The van der Waals surface area contributed by atoms with E-state index in [0.717, 1.165) is 28.2 Å². The molecule has 1 aromatic rings. The first-order valence-electron chi connectivity index (χ1n) is 6.27. The second kappa shape index (κ2) is 5.77. The third-order valence-electron chi connectivity index (χ3n) is 3.25. The van der Waals surface area contributed by atoms with Crippen molar-refractivity contribution in [3.63, 3.8) is 0 Å². The summed E-state index contributed by atoms with van der Waals surface area (Å²) in [5.41, 5.74) is 2.03. The first-order valence-corrected chi connectivity index (χ1v) is 7.07. The summed E-state index contributed by atoms with van der Waals surface area (Å²) in [6, 6.07) is 5.96. The van der Waals surface area contributed by atoms with E-state index in [1.165, 1.54) is 12.8 Å². The Labute approximate surface area is 117 Å². The number of aliphatic hydroxyl groups is 1. The van der Waals surface area contributed by atoms with Crippen molar-refractivity contribution in [2.24, 2.45) is 5.92 Å². The van der Waals surface area contributed by atoms with Gasteiger partial charge in [0.05, 0.1) is 18.3 Å². The van der Waals surface area contributed by atoms with Crippen LogP contribution in [0.25, 0.3) is 0 Å². The van der Waals surface area contributed by atoms with E-state index in [9.17, 15) is 5.11 Å². The lowest BCUT2D eigenvalue weighted by atomic mass is 10.1. The Balaban J connectivity index is 2.20. The molecule has 2 nitrogen and oxygen atoms in total. The summed E-state index contributed by atoms with van der Waals surface area (Å²) < 4.78 is 0.997. The van der Waals surface area contributed by atoms with Gasteiger partial charge in [-0.25, -0.2) is 0 Å². The summed E-state index contributed by atoms with van der Waals surface area (Å²) in [5, 5.41) is 9.57. The summed E-state index contributed by atoms with van der Waals surface area (Å²) in [6.45, 7) is 3.42. The summed E-state index contributed by atoms with van der Waals surface area (Å²) in [5.74, 6) is 3.51. The lowest BCUT2D eigenvalue weighted by Crippen LogP contribution is -2.26. The van der Waals surface area contributed by atoms with Crippen LogP contribution in [0.15, 0.2) is 22.7 Å². The van der Waals surface area contributed by atoms with Gasteiger partial charge in [0.2, 0.25) is 0 Å². The van der Waals surface area contributed by atoms with Crippen LogP contribution in [0, 0.1) is 18.3 Å². The zero-order valence-corrected chi connectivity index (χ0v) is 12.2. The van der Waals surface area contributed by atoms with E-state index in [4.69, 9.17) is 6.42 Å². The fourth-order valence-electron chi connectivity index (χ4n) is 2.01. The first kappa shape index (κ1) is 13.5. The first-order chi connectivity index (χ1) is 8.61. The maximum atomic E-state index is 9.57. The molecule has 3 heteroatoms. The highest BCUT2D eigenvalue weighted by molar-refractivity contribution is 9.10. The van der Waals surface area contributed by atoms with E-state index in [2.05, 4.69) is 26.8 Å². The van der Waals surface area contributed by atoms with Gasteiger partial charge >= 0.3 is 0 Å². The van der Waals surface area contributed by atoms with Gasteiger partial charge in [-0.3, -0.25) is 0 Å². The van der Waals surface area contributed by atoms with Crippen LogP contribution in [0.4, 0.5) is 5.69 Å². The predicted octanol–water partition coefficient (Wildman–Crippen LogP) is 3.35. The van der Waals surface area contributed by atoms with Gasteiger partial charge in [-0.05, 0) is 59.3 Å². The van der Waals surface area contributed by atoms with Gasteiger partial charge < -0.3 is 10.0 Å². The molecule has 1 aromatic carbocycles. The van der Waals surface area contributed by atoms with E-state index in [0.29, 0.717) is 6.54 Å². The second-order valence-electron chi connectivity index (χ2n) is 4.91. The molecule has 0 amide bonds. The molecule has 1 aliphatic carbocycles. The van der Waals surface area contributed by atoms with Crippen molar-refractivity contribution in [3.05, 3.63) is 28.2 Å². The van der Waals surface area contributed by atoms with Crippen molar-refractivity contribution in [1.29, 1.82) is 0 Å². The molecule has 18 heavy (non-hydrogen) atoms. The van der Waals surface area contributed by atoms with Gasteiger partial charge in [-0.1, -0.05) is 12.0 Å². The number of benzene rings is 1. The molecule has 0 bridgehead atoms. The summed E-state index contributed by atoms with van der Waals surface area (Å²) in [7, 11) is 0. The Morgan fingerprint density at radius 1 is 1.56 bits per heavy atom. The minimum atomic E-state index is -0.445. The molecule has 1 N–H and O–H groups in total. The number of aliphatic hydroxyl groups excluding tert-OH is 1. The smallest absolute Gasteiger partial charge is 0.0792 e. The molecule has 0 aliphatic heterocycles. The Hall–Kier alpha value is -0.980. The molecule has 96 valence electrons. The highest BCUT2D eigenvalue weighted by Gasteiger charge is 2.25. The number of hydrogen-bond acceptors (Lipinski definition) is 2. The van der Waals surface area contributed by atoms with E-state index in [1.807, 2.05) is 18.2 Å². The number of hydrogen-bond donors (Lipinski definition) is 1. The lowest BCUT2D eigenvalue weighted by molar-refractivity contribution is 0.199. The van der Waals surface area contributed by atoms with Crippen LogP contribution in [0.3, 0.4) is 0 Å². The molecule has 0 saturated heterocycles. The molecule has 0 unspecified atom stereocenters. The van der Waals surface area contributed by atoms with Gasteiger partial charge in [-0.15, -0.1) is 6.42 Å². The van der Waals surface area contributed by atoms with Crippen LogP contribution in [0.2, 0.25) is 0 Å². The van der Waals surface area contributed by atoms with Crippen LogP contribution < -0.4 is 4.90 Å². The highest BCUT2D eigenvalue weighted by atomic mass is 79.9.